The van der Waals surface area contributed by atoms with Gasteiger partial charge in [0.25, 0.3) is 0 Å². The molecule has 0 aromatic heterocycles. The van der Waals surface area contributed by atoms with Crippen LogP contribution in [0.1, 0.15) is 29.0 Å². The quantitative estimate of drug-likeness (QED) is 0.265. The zero-order valence-corrected chi connectivity index (χ0v) is 17.4. The van der Waals surface area contributed by atoms with E-state index >= 15 is 0 Å². The van der Waals surface area contributed by atoms with Crippen LogP contribution in [0.4, 0.5) is 4.39 Å². The molecule has 0 amide bonds. The van der Waals surface area contributed by atoms with Crippen molar-refractivity contribution in [3.05, 3.63) is 107 Å². The van der Waals surface area contributed by atoms with Gasteiger partial charge in [-0.1, -0.05) is 72.8 Å². The summed E-state index contributed by atoms with van der Waals surface area (Å²) in [6.45, 7) is -0.0568. The van der Waals surface area contributed by atoms with Crippen LogP contribution in [0.2, 0.25) is 0 Å². The minimum absolute atomic E-state index is 0.0284. The molecule has 3 aromatic carbocycles. The smallest absolute Gasteiger partial charge is 0.321 e. The van der Waals surface area contributed by atoms with Crippen molar-refractivity contribution < 1.29 is 28.2 Å². The average Bonchev–Trinajstić information content (AvgIpc) is 2.83. The SMILES string of the molecule is O=CC[C@@H](c1ccc(F)cc1)C(C(=O)OCc1ccccc1)C(=O)OCc1ccccc1. The summed E-state index contributed by atoms with van der Waals surface area (Å²) in [5.41, 5.74) is 1.98. The number of hydrogen-bond donors (Lipinski definition) is 0. The molecule has 0 aliphatic carbocycles. The van der Waals surface area contributed by atoms with Gasteiger partial charge in [0.1, 0.15) is 25.3 Å². The molecule has 164 valence electrons. The van der Waals surface area contributed by atoms with Crippen molar-refractivity contribution in [1.82, 2.24) is 0 Å². The first kappa shape index (κ1) is 22.9. The highest BCUT2D eigenvalue weighted by Gasteiger charge is 2.38. The van der Waals surface area contributed by atoms with E-state index in [0.717, 1.165) is 11.1 Å². The summed E-state index contributed by atoms with van der Waals surface area (Å²) in [7, 11) is 0. The van der Waals surface area contributed by atoms with Gasteiger partial charge in [-0.3, -0.25) is 9.59 Å². The molecule has 1 atom stereocenters. The van der Waals surface area contributed by atoms with Crippen LogP contribution < -0.4 is 0 Å². The third-order valence-electron chi connectivity index (χ3n) is 5.01. The minimum atomic E-state index is -1.38. The number of esters is 2. The van der Waals surface area contributed by atoms with E-state index in [0.29, 0.717) is 11.8 Å². The molecule has 0 saturated carbocycles. The topological polar surface area (TPSA) is 69.7 Å². The van der Waals surface area contributed by atoms with Crippen molar-refractivity contribution in [2.45, 2.75) is 25.6 Å². The van der Waals surface area contributed by atoms with Crippen LogP contribution in [0, 0.1) is 11.7 Å². The molecule has 3 rings (SSSR count). The summed E-state index contributed by atoms with van der Waals surface area (Å²) in [5, 5.41) is 0. The normalized spacial score (nSPS) is 11.6. The zero-order chi connectivity index (χ0) is 22.8. The molecule has 0 saturated heterocycles. The van der Waals surface area contributed by atoms with Gasteiger partial charge in [-0.2, -0.15) is 0 Å². The third kappa shape index (κ3) is 6.35. The van der Waals surface area contributed by atoms with Crippen LogP contribution in [0.3, 0.4) is 0 Å². The van der Waals surface area contributed by atoms with Crippen LogP contribution in [0.5, 0.6) is 0 Å². The first-order valence-electron chi connectivity index (χ1n) is 10.2. The number of carbonyl (C=O) groups excluding carboxylic acids is 3. The lowest BCUT2D eigenvalue weighted by atomic mass is 9.83. The zero-order valence-electron chi connectivity index (χ0n) is 17.4. The Kier molecular flexibility index (Phi) is 8.26. The summed E-state index contributed by atoms with van der Waals surface area (Å²) in [6.07, 6.45) is 0.493. The van der Waals surface area contributed by atoms with Crippen LogP contribution in [0.25, 0.3) is 0 Å². The van der Waals surface area contributed by atoms with Crippen molar-refractivity contribution in [3.8, 4) is 0 Å². The number of rotatable bonds is 10. The Balaban J connectivity index is 1.83. The summed E-state index contributed by atoms with van der Waals surface area (Å²) in [4.78, 5) is 37.4. The molecule has 0 aliphatic heterocycles. The summed E-state index contributed by atoms with van der Waals surface area (Å²) in [6, 6.07) is 23.4. The number of ether oxygens (including phenoxy) is 2. The average molecular weight is 434 g/mol. The van der Waals surface area contributed by atoms with Gasteiger partial charge < -0.3 is 14.3 Å². The fraction of sp³-hybridized carbons (Fsp3) is 0.192. The second kappa shape index (κ2) is 11.6. The lowest BCUT2D eigenvalue weighted by Gasteiger charge is -2.23. The molecule has 0 heterocycles. The summed E-state index contributed by atoms with van der Waals surface area (Å²) in [5.74, 6) is -4.29. The molecule has 0 N–H and O–H groups in total. The number of hydrogen-bond acceptors (Lipinski definition) is 5. The van der Waals surface area contributed by atoms with Gasteiger partial charge in [0, 0.05) is 12.3 Å². The Labute approximate surface area is 185 Å². The van der Waals surface area contributed by atoms with Crippen LogP contribution in [-0.2, 0) is 37.1 Å². The molecule has 0 aliphatic rings. The summed E-state index contributed by atoms with van der Waals surface area (Å²) >= 11 is 0. The number of benzene rings is 3. The number of carbonyl (C=O) groups is 3. The maximum absolute atomic E-state index is 13.4. The first-order chi connectivity index (χ1) is 15.6. The Morgan fingerprint density at radius 2 is 1.22 bits per heavy atom. The Bertz CT molecular complexity index is 964. The lowest BCUT2D eigenvalue weighted by Crippen LogP contribution is -2.33. The third-order valence-corrected chi connectivity index (χ3v) is 5.01. The summed E-state index contributed by atoms with van der Waals surface area (Å²) < 4.78 is 24.2. The first-order valence-corrected chi connectivity index (χ1v) is 10.2. The Hall–Kier alpha value is -3.80. The van der Waals surface area contributed by atoms with E-state index in [2.05, 4.69) is 0 Å². The van der Waals surface area contributed by atoms with Crippen molar-refractivity contribution >= 4 is 18.2 Å². The fourth-order valence-electron chi connectivity index (χ4n) is 3.34. The second-order valence-electron chi connectivity index (χ2n) is 7.22. The van der Waals surface area contributed by atoms with Crippen molar-refractivity contribution in [2.24, 2.45) is 5.92 Å². The van der Waals surface area contributed by atoms with Gasteiger partial charge in [-0.05, 0) is 28.8 Å². The van der Waals surface area contributed by atoms with Gasteiger partial charge in [-0.25, -0.2) is 4.39 Å². The van der Waals surface area contributed by atoms with Gasteiger partial charge in [0.2, 0.25) is 0 Å². The van der Waals surface area contributed by atoms with E-state index in [-0.39, 0.29) is 19.6 Å². The molecule has 0 fully saturated rings. The Morgan fingerprint density at radius 1 is 0.750 bits per heavy atom. The highest BCUT2D eigenvalue weighted by molar-refractivity contribution is 5.96. The lowest BCUT2D eigenvalue weighted by molar-refractivity contribution is -0.165. The van der Waals surface area contributed by atoms with Crippen LogP contribution in [0.15, 0.2) is 84.9 Å². The molecule has 3 aromatic rings. The molecule has 5 nitrogen and oxygen atoms in total. The molecule has 32 heavy (non-hydrogen) atoms. The van der Waals surface area contributed by atoms with E-state index in [9.17, 15) is 18.8 Å². The minimum Gasteiger partial charge on any atom is -0.460 e. The Morgan fingerprint density at radius 3 is 1.66 bits per heavy atom. The molecule has 0 bridgehead atoms. The molecule has 0 unspecified atom stereocenters. The molecule has 0 radical (unpaired) electrons. The number of halogens is 1. The predicted molar refractivity (Wildman–Crippen MR) is 116 cm³/mol. The molecular weight excluding hydrogens is 411 g/mol. The van der Waals surface area contributed by atoms with E-state index in [1.54, 1.807) is 24.3 Å². The van der Waals surface area contributed by atoms with Crippen LogP contribution >= 0.6 is 0 Å². The van der Waals surface area contributed by atoms with Gasteiger partial charge in [0.05, 0.1) is 0 Å². The van der Waals surface area contributed by atoms with E-state index < -0.39 is 29.6 Å². The van der Waals surface area contributed by atoms with Crippen molar-refractivity contribution in [2.75, 3.05) is 0 Å². The maximum Gasteiger partial charge on any atom is 0.321 e. The van der Waals surface area contributed by atoms with Crippen LogP contribution in [-0.4, -0.2) is 18.2 Å². The number of aldehydes is 1. The van der Waals surface area contributed by atoms with Gasteiger partial charge in [-0.15, -0.1) is 0 Å². The monoisotopic (exact) mass is 434 g/mol. The maximum atomic E-state index is 13.4. The second-order valence-corrected chi connectivity index (χ2v) is 7.22. The highest BCUT2D eigenvalue weighted by atomic mass is 19.1. The van der Waals surface area contributed by atoms with E-state index in [1.807, 2.05) is 36.4 Å². The van der Waals surface area contributed by atoms with Gasteiger partial charge in [0.15, 0.2) is 5.92 Å². The highest BCUT2D eigenvalue weighted by Crippen LogP contribution is 2.30. The standard InChI is InChI=1S/C26H23FO5/c27-22-13-11-21(12-14-22)23(15-16-28)24(25(29)31-17-19-7-3-1-4-8-19)26(30)32-18-20-9-5-2-6-10-20/h1-14,16,23-24H,15,17-18H2/t23-/m0/s1. The largest absolute Gasteiger partial charge is 0.460 e. The van der Waals surface area contributed by atoms with Crippen molar-refractivity contribution in [3.63, 3.8) is 0 Å². The fourth-order valence-corrected chi connectivity index (χ4v) is 3.34. The molecule has 0 spiro atoms. The molecule has 6 heteroatoms. The van der Waals surface area contributed by atoms with E-state index in [4.69, 9.17) is 9.47 Å². The van der Waals surface area contributed by atoms with Gasteiger partial charge >= 0.3 is 11.9 Å². The van der Waals surface area contributed by atoms with Crippen molar-refractivity contribution in [1.29, 1.82) is 0 Å². The molecular formula is C26H23FO5. The predicted octanol–water partition coefficient (Wildman–Crippen LogP) is 4.60. The van der Waals surface area contributed by atoms with E-state index in [1.165, 1.54) is 24.3 Å².